The molecule has 5 nitrogen and oxygen atoms in total. The van der Waals surface area contributed by atoms with E-state index < -0.39 is 25.1 Å². The summed E-state index contributed by atoms with van der Waals surface area (Å²) in [5, 5.41) is 1.55. The molecule has 142 valence electrons. The van der Waals surface area contributed by atoms with Crippen molar-refractivity contribution in [3.63, 3.8) is 0 Å². The first kappa shape index (κ1) is 20.1. The molecule has 0 amide bonds. The molecule has 0 aliphatic carbocycles. The molecule has 0 N–H and O–H groups in total. The lowest BCUT2D eigenvalue weighted by molar-refractivity contribution is 0.428. The Morgan fingerprint density at radius 3 is 2.58 bits per heavy atom. The molecule has 1 aliphatic rings. The van der Waals surface area contributed by atoms with E-state index in [0.717, 1.165) is 4.88 Å². The molecule has 3 rings (SSSR count). The van der Waals surface area contributed by atoms with Crippen LogP contribution in [0.1, 0.15) is 22.1 Å². The number of aryl methyl sites for hydroxylation is 1. The highest BCUT2D eigenvalue weighted by Crippen LogP contribution is 2.35. The van der Waals surface area contributed by atoms with Gasteiger partial charge in [-0.3, -0.25) is 0 Å². The molecule has 1 unspecified atom stereocenters. The Labute approximate surface area is 167 Å². The van der Waals surface area contributed by atoms with Gasteiger partial charge in [-0.2, -0.15) is 4.31 Å². The molecule has 26 heavy (non-hydrogen) atoms. The number of rotatable bonds is 3. The Kier molecular flexibility index (Phi) is 5.73. The number of hydrogen-bond acceptors (Lipinski definition) is 5. The van der Waals surface area contributed by atoms with Crippen molar-refractivity contribution < 1.29 is 16.8 Å². The van der Waals surface area contributed by atoms with Gasteiger partial charge in [0.25, 0.3) is 0 Å². The van der Waals surface area contributed by atoms with Crippen LogP contribution in [0.2, 0.25) is 10.0 Å². The molecule has 0 spiro atoms. The fourth-order valence-electron chi connectivity index (χ4n) is 2.93. The molecule has 1 fully saturated rings. The Bertz CT molecular complexity index is 1020. The van der Waals surface area contributed by atoms with Crippen LogP contribution >= 0.6 is 34.5 Å². The molecule has 0 radical (unpaired) electrons. The number of sulfonamides is 1. The van der Waals surface area contributed by atoms with E-state index in [1.54, 1.807) is 19.1 Å². The fourth-order valence-corrected chi connectivity index (χ4v) is 8.31. The fraction of sp³-hybridized carbons (Fsp3) is 0.375. The first-order chi connectivity index (χ1) is 12.1. The van der Waals surface area contributed by atoms with Crippen molar-refractivity contribution in [2.24, 2.45) is 0 Å². The molecule has 1 atom stereocenters. The lowest BCUT2D eigenvalue weighted by Crippen LogP contribution is -2.33. The largest absolute Gasteiger partial charge is 0.244 e. The maximum atomic E-state index is 13.0. The van der Waals surface area contributed by atoms with Gasteiger partial charge in [-0.05, 0) is 42.5 Å². The molecular weight excluding hydrogens is 437 g/mol. The highest BCUT2D eigenvalue weighted by atomic mass is 35.5. The van der Waals surface area contributed by atoms with Crippen LogP contribution in [0.5, 0.6) is 0 Å². The average Bonchev–Trinajstić information content (AvgIpc) is 3.01. The van der Waals surface area contributed by atoms with Crippen molar-refractivity contribution in [1.29, 1.82) is 0 Å². The van der Waals surface area contributed by atoms with Gasteiger partial charge < -0.3 is 0 Å². The van der Waals surface area contributed by atoms with E-state index in [4.69, 9.17) is 23.2 Å². The second kappa shape index (κ2) is 7.41. The molecular formula is C16H17Cl2NO4S3. The van der Waals surface area contributed by atoms with E-state index in [1.807, 2.05) is 5.38 Å². The number of hydrogen-bond donors (Lipinski definition) is 0. The number of halogens is 2. The Balaban J connectivity index is 1.95. The highest BCUT2D eigenvalue weighted by molar-refractivity contribution is 7.92. The van der Waals surface area contributed by atoms with Gasteiger partial charge in [0.2, 0.25) is 10.0 Å². The number of benzene rings is 1. The molecule has 1 aromatic carbocycles. The smallest absolute Gasteiger partial charge is 0.228 e. The molecule has 2 aromatic rings. The number of nitrogens with zero attached hydrogens (tertiary/aromatic N) is 1. The Morgan fingerprint density at radius 1 is 1.19 bits per heavy atom. The summed E-state index contributed by atoms with van der Waals surface area (Å²) in [7, 11) is -7.35. The van der Waals surface area contributed by atoms with E-state index in [-0.39, 0.29) is 35.2 Å². The molecule has 2 heterocycles. The van der Waals surface area contributed by atoms with Gasteiger partial charge in [-0.25, -0.2) is 16.8 Å². The summed E-state index contributed by atoms with van der Waals surface area (Å²) in [5.41, 5.74) is 0.591. The SMILES string of the molecule is Cc1cc(S(=O)(=O)N2CCC(c3cccs3)S(=O)(=O)CC2)c(Cl)cc1Cl. The third-order valence-corrected chi connectivity index (χ3v) is 10.4. The first-order valence-corrected chi connectivity index (χ1v) is 12.6. The zero-order valence-corrected chi connectivity index (χ0v) is 17.8. The third kappa shape index (κ3) is 3.81. The quantitative estimate of drug-likeness (QED) is 0.705. The first-order valence-electron chi connectivity index (χ1n) is 7.83. The normalized spacial score (nSPS) is 21.4. The van der Waals surface area contributed by atoms with Gasteiger partial charge in [0.15, 0.2) is 9.84 Å². The van der Waals surface area contributed by atoms with Crippen LogP contribution in [0, 0.1) is 6.92 Å². The maximum Gasteiger partial charge on any atom is 0.244 e. The Morgan fingerprint density at radius 2 is 1.92 bits per heavy atom. The summed E-state index contributed by atoms with van der Waals surface area (Å²) >= 11 is 13.5. The second-order valence-electron chi connectivity index (χ2n) is 6.10. The van der Waals surface area contributed by atoms with Crippen LogP contribution in [0.15, 0.2) is 34.5 Å². The molecule has 0 bridgehead atoms. The van der Waals surface area contributed by atoms with Gasteiger partial charge in [0.05, 0.1) is 16.0 Å². The molecule has 1 aliphatic heterocycles. The minimum absolute atomic E-state index is 0.0301. The van der Waals surface area contributed by atoms with E-state index >= 15 is 0 Å². The van der Waals surface area contributed by atoms with Crippen LogP contribution < -0.4 is 0 Å². The zero-order valence-electron chi connectivity index (χ0n) is 13.9. The second-order valence-corrected chi connectivity index (χ2v) is 12.1. The van der Waals surface area contributed by atoms with Crippen LogP contribution in [0.4, 0.5) is 0 Å². The third-order valence-electron chi connectivity index (χ3n) is 4.39. The maximum absolute atomic E-state index is 13.0. The predicted octanol–water partition coefficient (Wildman–Crippen LogP) is 3.91. The molecule has 10 heteroatoms. The predicted molar refractivity (Wildman–Crippen MR) is 105 cm³/mol. The van der Waals surface area contributed by atoms with Gasteiger partial charge in [-0.15, -0.1) is 11.3 Å². The molecule has 0 saturated carbocycles. The van der Waals surface area contributed by atoms with Crippen molar-refractivity contribution in [2.75, 3.05) is 18.8 Å². The van der Waals surface area contributed by atoms with E-state index in [9.17, 15) is 16.8 Å². The van der Waals surface area contributed by atoms with Gasteiger partial charge >= 0.3 is 0 Å². The van der Waals surface area contributed by atoms with E-state index in [0.29, 0.717) is 10.6 Å². The van der Waals surface area contributed by atoms with E-state index in [2.05, 4.69) is 0 Å². The summed E-state index contributed by atoms with van der Waals surface area (Å²) in [5.74, 6) is -0.223. The van der Waals surface area contributed by atoms with Crippen molar-refractivity contribution in [1.82, 2.24) is 4.31 Å². The summed E-state index contributed by atoms with van der Waals surface area (Å²) in [4.78, 5) is 0.692. The summed E-state index contributed by atoms with van der Waals surface area (Å²) in [6, 6.07) is 6.39. The molecule has 1 saturated heterocycles. The van der Waals surface area contributed by atoms with Crippen LogP contribution in [0.3, 0.4) is 0 Å². The average molecular weight is 454 g/mol. The van der Waals surface area contributed by atoms with Crippen molar-refractivity contribution >= 4 is 54.4 Å². The van der Waals surface area contributed by atoms with Gasteiger partial charge in [0.1, 0.15) is 4.90 Å². The van der Waals surface area contributed by atoms with Crippen LogP contribution in [0.25, 0.3) is 0 Å². The number of thiophene rings is 1. The minimum atomic E-state index is -3.92. The van der Waals surface area contributed by atoms with Gasteiger partial charge in [0, 0.05) is 23.0 Å². The Hall–Kier alpha value is -0.640. The lowest BCUT2D eigenvalue weighted by atomic mass is 10.2. The monoisotopic (exact) mass is 453 g/mol. The number of sulfone groups is 1. The minimum Gasteiger partial charge on any atom is -0.228 e. The zero-order chi connectivity index (χ0) is 19.1. The summed E-state index contributed by atoms with van der Waals surface area (Å²) in [6.45, 7) is 1.71. The highest BCUT2D eigenvalue weighted by Gasteiger charge is 2.36. The van der Waals surface area contributed by atoms with Crippen LogP contribution in [-0.2, 0) is 19.9 Å². The summed E-state index contributed by atoms with van der Waals surface area (Å²) < 4.78 is 52.5. The van der Waals surface area contributed by atoms with E-state index in [1.165, 1.54) is 27.8 Å². The standard InChI is InChI=1S/C16H17Cl2NO4S3/c1-11-9-16(13(18)10-12(11)17)26(22,23)19-5-4-15(14-3-2-7-24-14)25(20,21)8-6-19/h2-3,7,9-10,15H,4-6,8H2,1H3. The molecule has 1 aromatic heterocycles. The topological polar surface area (TPSA) is 71.5 Å². The summed E-state index contributed by atoms with van der Waals surface area (Å²) in [6.07, 6.45) is 0.215. The van der Waals surface area contributed by atoms with Crippen molar-refractivity contribution in [3.05, 3.63) is 50.1 Å². The van der Waals surface area contributed by atoms with Crippen LogP contribution in [-0.4, -0.2) is 40.0 Å². The lowest BCUT2D eigenvalue weighted by Gasteiger charge is -2.21. The van der Waals surface area contributed by atoms with Crippen molar-refractivity contribution in [3.8, 4) is 0 Å². The van der Waals surface area contributed by atoms with Gasteiger partial charge in [-0.1, -0.05) is 29.3 Å². The van der Waals surface area contributed by atoms with Crippen molar-refractivity contribution in [2.45, 2.75) is 23.5 Å².